The van der Waals surface area contributed by atoms with Crippen molar-refractivity contribution in [3.05, 3.63) is 120 Å². The largest absolute Gasteiger partial charge is 1.00 e. The van der Waals surface area contributed by atoms with Gasteiger partial charge >= 0.3 is 111 Å². The molecule has 4 heterocycles. The zero-order chi connectivity index (χ0) is 43.3. The Hall–Kier alpha value is -4.60. The van der Waals surface area contributed by atoms with Gasteiger partial charge in [0.2, 0.25) is 11.6 Å². The molecule has 0 N–H and O–H groups in total. The van der Waals surface area contributed by atoms with E-state index in [0.29, 0.717) is 22.5 Å². The van der Waals surface area contributed by atoms with Crippen molar-refractivity contribution in [2.75, 3.05) is 0 Å². The van der Waals surface area contributed by atoms with E-state index in [1.807, 2.05) is 0 Å². The first-order chi connectivity index (χ1) is 24.3. The zero-order valence-electron chi connectivity index (χ0n) is 28.7. The summed E-state index contributed by atoms with van der Waals surface area (Å²) < 4.78 is 118. The van der Waals surface area contributed by atoms with Crippen LogP contribution in [0, 0.1) is 45.3 Å². The summed E-state index contributed by atoms with van der Waals surface area (Å²) in [4.78, 5) is 39.2. The summed E-state index contributed by atoms with van der Waals surface area (Å²) in [5.74, 6) is -0.152. The molecule has 56 heavy (non-hydrogen) atoms. The van der Waals surface area contributed by atoms with Crippen molar-refractivity contribution in [1.82, 2.24) is 19.9 Å². The van der Waals surface area contributed by atoms with Gasteiger partial charge in [0.15, 0.2) is 0 Å². The number of carbonyl (C=O) groups excluding carboxylic acids is 2. The van der Waals surface area contributed by atoms with Crippen LogP contribution in [0.15, 0.2) is 97.8 Å². The first-order valence-electron chi connectivity index (χ1n) is 13.4. The number of rotatable bonds is 4. The van der Waals surface area contributed by atoms with Gasteiger partial charge in [-0.15, -0.1) is 0 Å². The summed E-state index contributed by atoms with van der Waals surface area (Å²) in [7, 11) is -21.3. The maximum Gasteiger partial charge on any atom is 1.00 e. The smallest absolute Gasteiger partial charge is 0.287 e. The third-order valence-corrected chi connectivity index (χ3v) is 3.68. The third-order valence-electron chi connectivity index (χ3n) is 3.68. The summed E-state index contributed by atoms with van der Waals surface area (Å²) in [6, 6.07) is 24.3. The quantitative estimate of drug-likeness (QED) is 0.0826. The molecule has 0 aliphatic carbocycles. The van der Waals surface area contributed by atoms with E-state index < -0.39 is 15.6 Å². The molecular weight excluding hydrogens is 1010 g/mol. The second-order valence-electron chi connectivity index (χ2n) is 8.37. The second kappa shape index (κ2) is 27.1. The predicted octanol–water partition coefficient (Wildman–Crippen LogP) is 12.3. The maximum absolute atomic E-state index is 11.8. The van der Waals surface area contributed by atoms with Gasteiger partial charge in [-0.3, -0.25) is 29.5 Å². The molecule has 0 aromatic carbocycles. The van der Waals surface area contributed by atoms with E-state index in [-0.39, 0.29) is 56.3 Å². The molecule has 316 valence electrons. The number of nitriles is 4. The van der Waals surface area contributed by atoms with Crippen LogP contribution in [0.4, 0.5) is 50.4 Å². The average molecular weight is 1040 g/mol. The second-order valence-corrected chi connectivity index (χ2v) is 12.2. The normalized spacial score (nSPS) is 11.2. The van der Waals surface area contributed by atoms with E-state index in [4.69, 9.17) is 21.0 Å². The van der Waals surface area contributed by atoms with Gasteiger partial charge in [-0.1, -0.05) is 12.1 Å². The number of aromatic nitrogens is 4. The molecule has 0 aliphatic heterocycles. The standard InChI is InChI=1S/2C11H8N2O.4C2H3N.2Ag.2F6P/c2*14-11(9-4-7-12-8-5-9)10-3-1-2-6-13-10;4*1-2-3;;;2*1-7(2,3,4,5)6/h2*1-8H;4*1H3;;;;/q;;;;;;2*+1;2*-1. The Morgan fingerprint density at radius 1 is 0.446 bits per heavy atom. The Bertz CT molecular complexity index is 1590. The maximum atomic E-state index is 11.8. The molecule has 0 unspecified atom stereocenters. The van der Waals surface area contributed by atoms with Crippen LogP contribution in [-0.4, -0.2) is 31.5 Å². The summed E-state index contributed by atoms with van der Waals surface area (Å²) in [6.07, 6.45) is 9.58. The number of halogens is 12. The first-order valence-corrected chi connectivity index (χ1v) is 17.4. The molecule has 0 bridgehead atoms. The van der Waals surface area contributed by atoms with E-state index in [2.05, 4.69) is 19.9 Å². The van der Waals surface area contributed by atoms with E-state index in [1.165, 1.54) is 27.7 Å². The van der Waals surface area contributed by atoms with Gasteiger partial charge in [0.1, 0.15) is 11.4 Å². The predicted molar refractivity (Wildman–Crippen MR) is 176 cm³/mol. The van der Waals surface area contributed by atoms with Crippen molar-refractivity contribution in [3.8, 4) is 24.3 Å². The fourth-order valence-electron chi connectivity index (χ4n) is 2.30. The molecule has 0 amide bonds. The molecule has 26 heteroatoms. The fourth-order valence-corrected chi connectivity index (χ4v) is 2.30. The topological polar surface area (TPSA) is 181 Å². The van der Waals surface area contributed by atoms with Crippen LogP contribution in [0.3, 0.4) is 0 Å². The van der Waals surface area contributed by atoms with Gasteiger partial charge in [-0.05, 0) is 48.5 Å². The molecule has 0 atom stereocenters. The number of ketones is 2. The average Bonchev–Trinajstić information content (AvgIpc) is 3.05. The van der Waals surface area contributed by atoms with E-state index in [1.54, 1.807) is 122 Å². The van der Waals surface area contributed by atoms with Crippen LogP contribution in [0.5, 0.6) is 0 Å². The molecule has 0 radical (unpaired) electrons. The zero-order valence-corrected chi connectivity index (χ0v) is 33.4. The number of carbonyl (C=O) groups is 2. The van der Waals surface area contributed by atoms with E-state index >= 15 is 0 Å². The van der Waals surface area contributed by atoms with Gasteiger partial charge in [-0.2, -0.15) is 21.0 Å². The van der Waals surface area contributed by atoms with Gasteiger partial charge in [-0.25, -0.2) is 0 Å². The Labute approximate surface area is 343 Å². The molecule has 10 nitrogen and oxygen atoms in total. The summed E-state index contributed by atoms with van der Waals surface area (Å²) >= 11 is 0. The molecule has 0 fully saturated rings. The van der Waals surface area contributed by atoms with Gasteiger partial charge in [0, 0.05) is 76.0 Å². The first kappa shape index (κ1) is 63.3. The molecule has 0 aliphatic rings. The van der Waals surface area contributed by atoms with Crippen molar-refractivity contribution in [1.29, 1.82) is 21.0 Å². The number of hydrogen-bond donors (Lipinski definition) is 0. The Morgan fingerprint density at radius 3 is 0.804 bits per heavy atom. The molecule has 4 aromatic heterocycles. The fraction of sp³-hybridized carbons (Fsp3) is 0.133. The minimum atomic E-state index is -10.7. The van der Waals surface area contributed by atoms with Crippen LogP contribution < -0.4 is 0 Å². The molecule has 4 aromatic rings. The van der Waals surface area contributed by atoms with Crippen LogP contribution in [0.25, 0.3) is 0 Å². The monoisotopic (exact) mass is 1040 g/mol. The Morgan fingerprint density at radius 2 is 0.643 bits per heavy atom. The number of pyridine rings is 4. The van der Waals surface area contributed by atoms with Gasteiger partial charge in [0.25, 0.3) is 0 Å². The van der Waals surface area contributed by atoms with Crippen LogP contribution in [0.2, 0.25) is 0 Å². The Balaban J connectivity index is -0.000000139. The van der Waals surface area contributed by atoms with Crippen molar-refractivity contribution >= 4 is 27.2 Å². The molecule has 0 saturated carbocycles. The molecule has 0 saturated heterocycles. The minimum absolute atomic E-state index is 0. The third kappa shape index (κ3) is 61.4. The van der Waals surface area contributed by atoms with E-state index in [9.17, 15) is 60.0 Å². The summed E-state index contributed by atoms with van der Waals surface area (Å²) in [6.45, 7) is 5.72. The van der Waals surface area contributed by atoms with E-state index in [0.717, 1.165) is 0 Å². The molecule has 0 spiro atoms. The minimum Gasteiger partial charge on any atom is -0.287 e. The summed E-state index contributed by atoms with van der Waals surface area (Å²) in [5, 5.41) is 29.3. The van der Waals surface area contributed by atoms with Gasteiger partial charge < -0.3 is 0 Å². The van der Waals surface area contributed by atoms with Crippen LogP contribution in [0.1, 0.15) is 59.8 Å². The SMILES string of the molecule is CC#N.CC#N.CC#N.CC#N.F[P-](F)(F)(F)(F)F.F[P-](F)(F)(F)(F)F.O=C(c1ccncc1)c1ccccn1.O=C(c1ccncc1)c1ccccn1.[Ag+].[Ag+]. The number of nitrogens with zero attached hydrogens (tertiary/aromatic N) is 8. The van der Waals surface area contributed by atoms with Crippen molar-refractivity contribution < 1.29 is 105 Å². The van der Waals surface area contributed by atoms with Crippen LogP contribution >= 0.6 is 15.6 Å². The molecule has 4 rings (SSSR count). The summed E-state index contributed by atoms with van der Waals surface area (Å²) in [5.41, 5.74) is 2.13. The van der Waals surface area contributed by atoms with Crippen molar-refractivity contribution in [2.45, 2.75) is 27.7 Å². The van der Waals surface area contributed by atoms with Crippen molar-refractivity contribution in [2.24, 2.45) is 0 Å². The van der Waals surface area contributed by atoms with Gasteiger partial charge in [0.05, 0.1) is 24.3 Å². The van der Waals surface area contributed by atoms with Crippen molar-refractivity contribution in [3.63, 3.8) is 0 Å². The number of hydrogen-bond acceptors (Lipinski definition) is 10. The van der Waals surface area contributed by atoms with Crippen LogP contribution in [-0.2, 0) is 44.8 Å². The Kier molecular flexibility index (Phi) is 30.6. The molecular formula is C30H28Ag2F12N8O2P2.